The molecule has 2 heterocycles. The molecular weight excluding hydrogens is 276 g/mol. The maximum atomic E-state index is 11.5. The highest BCUT2D eigenvalue weighted by Crippen LogP contribution is 2.29. The molecule has 82 valence electrons. The molecular formula is C10H13BrN2OS. The van der Waals surface area contributed by atoms with Crippen molar-refractivity contribution < 1.29 is 4.79 Å². The number of hydrogen-bond donors (Lipinski definition) is 0. The molecule has 1 saturated heterocycles. The van der Waals surface area contributed by atoms with Gasteiger partial charge < -0.3 is 4.90 Å². The zero-order valence-corrected chi connectivity index (χ0v) is 11.0. The third-order valence-corrected chi connectivity index (χ3v) is 4.27. The summed E-state index contributed by atoms with van der Waals surface area (Å²) in [5.74, 6) is 0.251. The first-order valence-corrected chi connectivity index (χ1v) is 6.74. The van der Waals surface area contributed by atoms with Crippen LogP contribution in [0.5, 0.6) is 0 Å². The molecule has 2 rings (SSSR count). The normalized spacial score (nSPS) is 21.7. The van der Waals surface area contributed by atoms with E-state index in [0.717, 1.165) is 35.5 Å². The molecule has 0 bridgehead atoms. The van der Waals surface area contributed by atoms with Crippen LogP contribution in [0.1, 0.15) is 26.2 Å². The summed E-state index contributed by atoms with van der Waals surface area (Å²) >= 11 is 4.94. The van der Waals surface area contributed by atoms with E-state index in [1.807, 2.05) is 5.38 Å². The molecule has 1 atom stereocenters. The van der Waals surface area contributed by atoms with Crippen molar-refractivity contribution in [1.82, 2.24) is 4.98 Å². The number of rotatable bonds is 2. The SMILES string of the molecule is CC(=O)C1CCCCN1c1nc(Br)cs1. The van der Waals surface area contributed by atoms with Crippen molar-refractivity contribution in [3.8, 4) is 0 Å². The Kier molecular flexibility index (Phi) is 3.41. The summed E-state index contributed by atoms with van der Waals surface area (Å²) in [6.07, 6.45) is 3.26. The number of hydrogen-bond acceptors (Lipinski definition) is 4. The molecule has 0 spiro atoms. The lowest BCUT2D eigenvalue weighted by Gasteiger charge is -2.33. The molecule has 1 unspecified atom stereocenters. The quantitative estimate of drug-likeness (QED) is 0.839. The monoisotopic (exact) mass is 288 g/mol. The number of piperidine rings is 1. The first-order chi connectivity index (χ1) is 7.18. The van der Waals surface area contributed by atoms with Crippen molar-refractivity contribution in [2.24, 2.45) is 0 Å². The maximum absolute atomic E-state index is 11.5. The van der Waals surface area contributed by atoms with Crippen LogP contribution in [0.15, 0.2) is 9.98 Å². The summed E-state index contributed by atoms with van der Waals surface area (Å²) in [7, 11) is 0. The van der Waals surface area contributed by atoms with Crippen molar-refractivity contribution in [2.45, 2.75) is 32.2 Å². The average molecular weight is 289 g/mol. The van der Waals surface area contributed by atoms with E-state index < -0.39 is 0 Å². The zero-order chi connectivity index (χ0) is 10.8. The highest BCUT2D eigenvalue weighted by atomic mass is 79.9. The third kappa shape index (κ3) is 2.39. The van der Waals surface area contributed by atoms with E-state index >= 15 is 0 Å². The highest BCUT2D eigenvalue weighted by Gasteiger charge is 2.27. The number of nitrogens with zero attached hydrogens (tertiary/aromatic N) is 2. The summed E-state index contributed by atoms with van der Waals surface area (Å²) in [4.78, 5) is 18.0. The van der Waals surface area contributed by atoms with E-state index in [2.05, 4.69) is 25.8 Å². The zero-order valence-electron chi connectivity index (χ0n) is 8.57. The molecule has 0 aromatic carbocycles. The smallest absolute Gasteiger partial charge is 0.186 e. The van der Waals surface area contributed by atoms with E-state index in [1.165, 1.54) is 0 Å². The Morgan fingerprint density at radius 2 is 2.47 bits per heavy atom. The maximum Gasteiger partial charge on any atom is 0.186 e. The van der Waals surface area contributed by atoms with Gasteiger partial charge in [-0.2, -0.15) is 0 Å². The Hall–Kier alpha value is -0.420. The van der Waals surface area contributed by atoms with Crippen molar-refractivity contribution in [3.05, 3.63) is 9.98 Å². The molecule has 0 radical (unpaired) electrons. The van der Waals surface area contributed by atoms with Crippen molar-refractivity contribution in [2.75, 3.05) is 11.4 Å². The van der Waals surface area contributed by atoms with Gasteiger partial charge in [-0.3, -0.25) is 4.79 Å². The van der Waals surface area contributed by atoms with E-state index in [9.17, 15) is 4.79 Å². The van der Waals surface area contributed by atoms with Crippen LogP contribution in [0.3, 0.4) is 0 Å². The number of Topliss-reactive ketones (excluding diaryl/α,β-unsaturated/α-hetero) is 1. The van der Waals surface area contributed by atoms with Gasteiger partial charge in [0.15, 0.2) is 10.9 Å². The van der Waals surface area contributed by atoms with Crippen LogP contribution in [-0.4, -0.2) is 23.4 Å². The predicted molar refractivity (Wildman–Crippen MR) is 65.5 cm³/mol. The van der Waals surface area contributed by atoms with E-state index in [0.29, 0.717) is 0 Å². The Morgan fingerprint density at radius 1 is 1.67 bits per heavy atom. The second-order valence-corrected chi connectivity index (χ2v) is 5.42. The third-order valence-electron chi connectivity index (χ3n) is 2.68. The Morgan fingerprint density at radius 3 is 3.07 bits per heavy atom. The summed E-state index contributed by atoms with van der Waals surface area (Å²) in [5.41, 5.74) is 0. The lowest BCUT2D eigenvalue weighted by Crippen LogP contribution is -2.43. The van der Waals surface area contributed by atoms with E-state index in [1.54, 1.807) is 18.3 Å². The number of ketones is 1. The van der Waals surface area contributed by atoms with Crippen LogP contribution in [0.4, 0.5) is 5.13 Å². The average Bonchev–Trinajstić information content (AvgIpc) is 2.65. The Bertz CT molecular complexity index is 366. The van der Waals surface area contributed by atoms with Gasteiger partial charge in [-0.25, -0.2) is 4.98 Å². The van der Waals surface area contributed by atoms with Crippen LogP contribution in [0.25, 0.3) is 0 Å². The number of aromatic nitrogens is 1. The molecule has 15 heavy (non-hydrogen) atoms. The van der Waals surface area contributed by atoms with Crippen LogP contribution in [0, 0.1) is 0 Å². The fourth-order valence-corrected chi connectivity index (χ4v) is 3.29. The van der Waals surface area contributed by atoms with Gasteiger partial charge in [0.05, 0.1) is 6.04 Å². The summed E-state index contributed by atoms with van der Waals surface area (Å²) < 4.78 is 0.857. The number of carbonyl (C=O) groups excluding carboxylic acids is 1. The second kappa shape index (κ2) is 4.61. The van der Waals surface area contributed by atoms with Crippen LogP contribution in [0.2, 0.25) is 0 Å². The molecule has 5 heteroatoms. The van der Waals surface area contributed by atoms with Gasteiger partial charge in [0.1, 0.15) is 4.60 Å². The van der Waals surface area contributed by atoms with Gasteiger partial charge in [0, 0.05) is 11.9 Å². The van der Waals surface area contributed by atoms with E-state index in [-0.39, 0.29) is 11.8 Å². The second-order valence-electron chi connectivity index (χ2n) is 3.77. The van der Waals surface area contributed by atoms with Crippen molar-refractivity contribution >= 4 is 38.2 Å². The van der Waals surface area contributed by atoms with Crippen molar-refractivity contribution in [3.63, 3.8) is 0 Å². The molecule has 0 N–H and O–H groups in total. The van der Waals surface area contributed by atoms with Gasteiger partial charge in [0.2, 0.25) is 0 Å². The standard InChI is InChI=1S/C10H13BrN2OS/c1-7(14)8-4-2-3-5-13(8)10-12-9(11)6-15-10/h6,8H,2-5H2,1H3. The number of carbonyl (C=O) groups is 1. The molecule has 1 aliphatic rings. The van der Waals surface area contributed by atoms with Gasteiger partial charge in [-0.05, 0) is 42.1 Å². The largest absolute Gasteiger partial charge is 0.338 e. The Labute approximate surface area is 102 Å². The number of thiazole rings is 1. The summed E-state index contributed by atoms with van der Waals surface area (Å²) in [6.45, 7) is 2.62. The first kappa shape index (κ1) is 11.1. The predicted octanol–water partition coefficient (Wildman–Crippen LogP) is 2.85. The lowest BCUT2D eigenvalue weighted by molar-refractivity contribution is -0.118. The molecule has 0 aliphatic carbocycles. The molecule has 1 aliphatic heterocycles. The van der Waals surface area contributed by atoms with Crippen LogP contribution in [-0.2, 0) is 4.79 Å². The molecule has 1 fully saturated rings. The fourth-order valence-electron chi connectivity index (χ4n) is 1.96. The number of halogens is 1. The minimum Gasteiger partial charge on any atom is -0.338 e. The lowest BCUT2D eigenvalue weighted by atomic mass is 10.00. The molecule has 0 amide bonds. The fraction of sp³-hybridized carbons (Fsp3) is 0.600. The minimum absolute atomic E-state index is 0.0387. The minimum atomic E-state index is 0.0387. The highest BCUT2D eigenvalue weighted by molar-refractivity contribution is 9.10. The van der Waals surface area contributed by atoms with Crippen LogP contribution < -0.4 is 4.90 Å². The van der Waals surface area contributed by atoms with Crippen LogP contribution >= 0.6 is 27.3 Å². The molecule has 1 aromatic heterocycles. The molecule has 1 aromatic rings. The summed E-state index contributed by atoms with van der Waals surface area (Å²) in [6, 6.07) is 0.0387. The van der Waals surface area contributed by atoms with Crippen molar-refractivity contribution in [1.29, 1.82) is 0 Å². The van der Waals surface area contributed by atoms with E-state index in [4.69, 9.17) is 0 Å². The van der Waals surface area contributed by atoms with Gasteiger partial charge >= 0.3 is 0 Å². The molecule has 0 saturated carbocycles. The number of anilines is 1. The van der Waals surface area contributed by atoms with Gasteiger partial charge in [0.25, 0.3) is 0 Å². The first-order valence-electron chi connectivity index (χ1n) is 5.06. The Balaban J connectivity index is 2.21. The topological polar surface area (TPSA) is 33.2 Å². The van der Waals surface area contributed by atoms with Gasteiger partial charge in [-0.1, -0.05) is 0 Å². The summed E-state index contributed by atoms with van der Waals surface area (Å²) in [5, 5.41) is 2.92. The van der Waals surface area contributed by atoms with Gasteiger partial charge in [-0.15, -0.1) is 11.3 Å². The molecule has 3 nitrogen and oxygen atoms in total.